The second kappa shape index (κ2) is 2.20. The van der Waals surface area contributed by atoms with E-state index in [2.05, 4.69) is 19.1 Å². The molecule has 3 atom stereocenters. The monoisotopic (exact) mass is 150 g/mol. The van der Waals surface area contributed by atoms with Gasteiger partial charge in [0.1, 0.15) is 6.29 Å². The second-order valence-corrected chi connectivity index (χ2v) is 3.90. The highest BCUT2D eigenvalue weighted by Gasteiger charge is 2.46. The third-order valence-corrected chi connectivity index (χ3v) is 3.45. The van der Waals surface area contributed by atoms with Gasteiger partial charge < -0.3 is 4.79 Å². The highest BCUT2D eigenvalue weighted by Crippen LogP contribution is 2.52. The molecule has 0 aliphatic heterocycles. The molecule has 2 bridgehead atoms. The lowest BCUT2D eigenvalue weighted by Crippen LogP contribution is -2.26. The fourth-order valence-electron chi connectivity index (χ4n) is 2.62. The van der Waals surface area contributed by atoms with Gasteiger partial charge in [-0.15, -0.1) is 0 Å². The molecule has 2 aliphatic rings. The quantitative estimate of drug-likeness (QED) is 0.435. The molecule has 0 heterocycles. The van der Waals surface area contributed by atoms with E-state index in [1.807, 2.05) is 0 Å². The maximum atomic E-state index is 10.9. The average Bonchev–Trinajstić information content (AvgIpc) is 2.62. The molecule has 60 valence electrons. The zero-order chi connectivity index (χ0) is 7.90. The second-order valence-electron chi connectivity index (χ2n) is 3.90. The number of allylic oxidation sites excluding steroid dienone is 2. The van der Waals surface area contributed by atoms with Crippen molar-refractivity contribution in [2.45, 2.75) is 26.2 Å². The smallest absolute Gasteiger partial charge is 0.126 e. The number of aldehydes is 1. The Morgan fingerprint density at radius 1 is 1.64 bits per heavy atom. The van der Waals surface area contributed by atoms with Gasteiger partial charge in [-0.2, -0.15) is 0 Å². The van der Waals surface area contributed by atoms with Gasteiger partial charge in [0.2, 0.25) is 0 Å². The van der Waals surface area contributed by atoms with Crippen molar-refractivity contribution in [1.82, 2.24) is 0 Å². The summed E-state index contributed by atoms with van der Waals surface area (Å²) in [6.07, 6.45) is 9.07. The maximum Gasteiger partial charge on any atom is 0.126 e. The van der Waals surface area contributed by atoms with Gasteiger partial charge in [-0.1, -0.05) is 19.1 Å². The first kappa shape index (κ1) is 7.08. The molecule has 1 fully saturated rings. The highest BCUT2D eigenvalue weighted by atomic mass is 16.1. The lowest BCUT2D eigenvalue weighted by Gasteiger charge is -2.27. The molecule has 0 spiro atoms. The third kappa shape index (κ3) is 0.800. The van der Waals surface area contributed by atoms with Crippen LogP contribution in [0.15, 0.2) is 12.2 Å². The van der Waals surface area contributed by atoms with Crippen LogP contribution in [0.3, 0.4) is 0 Å². The Kier molecular flexibility index (Phi) is 1.41. The number of fused-ring (bicyclic) bond motifs is 2. The highest BCUT2D eigenvalue weighted by molar-refractivity contribution is 5.62. The van der Waals surface area contributed by atoms with Crippen molar-refractivity contribution < 1.29 is 4.79 Å². The summed E-state index contributed by atoms with van der Waals surface area (Å²) in [5.41, 5.74) is 0.0272. The number of hydrogen-bond donors (Lipinski definition) is 0. The van der Waals surface area contributed by atoms with Gasteiger partial charge in [-0.05, 0) is 31.1 Å². The van der Waals surface area contributed by atoms with Crippen LogP contribution in [-0.4, -0.2) is 6.29 Å². The van der Waals surface area contributed by atoms with Crippen LogP contribution in [-0.2, 0) is 4.79 Å². The van der Waals surface area contributed by atoms with Gasteiger partial charge in [-0.3, -0.25) is 0 Å². The van der Waals surface area contributed by atoms with E-state index in [-0.39, 0.29) is 5.41 Å². The summed E-state index contributed by atoms with van der Waals surface area (Å²) in [5.74, 6) is 1.28. The van der Waals surface area contributed by atoms with E-state index in [0.29, 0.717) is 11.8 Å². The standard InChI is InChI=1S/C10H14O/c1-2-10(7-11)6-8-3-4-9(10)5-8/h3-4,7-9H,2,5-6H2,1H3/t8?,9-,10+/m0/s1. The van der Waals surface area contributed by atoms with Gasteiger partial charge >= 0.3 is 0 Å². The molecule has 0 saturated heterocycles. The Hall–Kier alpha value is -0.590. The first-order valence-corrected chi connectivity index (χ1v) is 4.45. The van der Waals surface area contributed by atoms with Crippen molar-refractivity contribution >= 4 is 6.29 Å². The van der Waals surface area contributed by atoms with Crippen molar-refractivity contribution in [2.75, 3.05) is 0 Å². The summed E-state index contributed by atoms with van der Waals surface area (Å²) in [4.78, 5) is 10.9. The maximum absolute atomic E-state index is 10.9. The Morgan fingerprint density at radius 2 is 2.45 bits per heavy atom. The summed E-state index contributed by atoms with van der Waals surface area (Å²) in [6, 6.07) is 0. The minimum atomic E-state index is 0.0272. The van der Waals surface area contributed by atoms with Crippen molar-refractivity contribution in [3.63, 3.8) is 0 Å². The molecule has 0 aromatic carbocycles. The van der Waals surface area contributed by atoms with Crippen LogP contribution >= 0.6 is 0 Å². The normalized spacial score (nSPS) is 46.6. The molecule has 0 amide bonds. The SMILES string of the molecule is CC[C@]1(C=O)CC2C=C[C@H]1C2. The van der Waals surface area contributed by atoms with Crippen LogP contribution in [0, 0.1) is 17.3 Å². The van der Waals surface area contributed by atoms with E-state index < -0.39 is 0 Å². The van der Waals surface area contributed by atoms with Crippen LogP contribution < -0.4 is 0 Å². The van der Waals surface area contributed by atoms with Crippen LogP contribution in [0.2, 0.25) is 0 Å². The molecule has 2 rings (SSSR count). The molecule has 1 heteroatoms. The molecule has 0 radical (unpaired) electrons. The van der Waals surface area contributed by atoms with Gasteiger partial charge in [0.05, 0.1) is 0 Å². The van der Waals surface area contributed by atoms with E-state index in [4.69, 9.17) is 0 Å². The Bertz CT molecular complexity index is 207. The van der Waals surface area contributed by atoms with Gasteiger partial charge in [0.15, 0.2) is 0 Å². The molecule has 0 N–H and O–H groups in total. The summed E-state index contributed by atoms with van der Waals surface area (Å²) >= 11 is 0. The molecule has 0 aromatic heterocycles. The number of carbonyl (C=O) groups is 1. The van der Waals surface area contributed by atoms with E-state index in [0.717, 1.165) is 12.8 Å². The fourth-order valence-corrected chi connectivity index (χ4v) is 2.62. The third-order valence-electron chi connectivity index (χ3n) is 3.45. The lowest BCUT2D eigenvalue weighted by atomic mass is 9.75. The van der Waals surface area contributed by atoms with E-state index in [1.54, 1.807) is 0 Å². The van der Waals surface area contributed by atoms with Gasteiger partial charge in [0, 0.05) is 5.41 Å². The van der Waals surface area contributed by atoms with Gasteiger partial charge in [0.25, 0.3) is 0 Å². The largest absolute Gasteiger partial charge is 0.303 e. The molecule has 11 heavy (non-hydrogen) atoms. The van der Waals surface area contributed by atoms with E-state index >= 15 is 0 Å². The van der Waals surface area contributed by atoms with Crippen LogP contribution in [0.4, 0.5) is 0 Å². The molecular weight excluding hydrogens is 136 g/mol. The minimum absolute atomic E-state index is 0.0272. The topological polar surface area (TPSA) is 17.1 Å². The van der Waals surface area contributed by atoms with Crippen molar-refractivity contribution in [2.24, 2.45) is 17.3 Å². The Labute approximate surface area is 67.5 Å². The molecular formula is C10H14O. The zero-order valence-electron chi connectivity index (χ0n) is 6.92. The summed E-state index contributed by atoms with van der Waals surface area (Å²) < 4.78 is 0. The average molecular weight is 150 g/mol. The molecule has 1 saturated carbocycles. The Balaban J connectivity index is 2.28. The first-order valence-electron chi connectivity index (χ1n) is 4.45. The number of rotatable bonds is 2. The summed E-state index contributed by atoms with van der Waals surface area (Å²) in [6.45, 7) is 2.13. The predicted octanol–water partition coefficient (Wildman–Crippen LogP) is 2.18. The summed E-state index contributed by atoms with van der Waals surface area (Å²) in [7, 11) is 0. The molecule has 1 nitrogen and oxygen atoms in total. The van der Waals surface area contributed by atoms with Gasteiger partial charge in [-0.25, -0.2) is 0 Å². The molecule has 2 aliphatic carbocycles. The van der Waals surface area contributed by atoms with Crippen molar-refractivity contribution in [1.29, 1.82) is 0 Å². The van der Waals surface area contributed by atoms with Crippen LogP contribution in [0.5, 0.6) is 0 Å². The van der Waals surface area contributed by atoms with E-state index in [9.17, 15) is 4.79 Å². The summed E-state index contributed by atoms with van der Waals surface area (Å²) in [5, 5.41) is 0. The number of carbonyl (C=O) groups excluding carboxylic acids is 1. The predicted molar refractivity (Wildman–Crippen MR) is 44.1 cm³/mol. The Morgan fingerprint density at radius 3 is 2.73 bits per heavy atom. The fraction of sp³-hybridized carbons (Fsp3) is 0.700. The van der Waals surface area contributed by atoms with Crippen LogP contribution in [0.1, 0.15) is 26.2 Å². The first-order chi connectivity index (χ1) is 5.30. The van der Waals surface area contributed by atoms with E-state index in [1.165, 1.54) is 12.7 Å². The molecule has 0 aromatic rings. The lowest BCUT2D eigenvalue weighted by molar-refractivity contribution is -0.117. The number of hydrogen-bond acceptors (Lipinski definition) is 1. The van der Waals surface area contributed by atoms with Crippen molar-refractivity contribution in [3.05, 3.63) is 12.2 Å². The zero-order valence-corrected chi connectivity index (χ0v) is 6.92. The minimum Gasteiger partial charge on any atom is -0.303 e. The molecule has 1 unspecified atom stereocenters. The van der Waals surface area contributed by atoms with Crippen molar-refractivity contribution in [3.8, 4) is 0 Å². The van der Waals surface area contributed by atoms with Crippen LogP contribution in [0.25, 0.3) is 0 Å².